The predicted octanol–water partition coefficient (Wildman–Crippen LogP) is -3.31. The van der Waals surface area contributed by atoms with Crippen LogP contribution in [0.3, 0.4) is 0 Å². The topological polar surface area (TPSA) is 234 Å². The van der Waals surface area contributed by atoms with Crippen LogP contribution in [-0.4, -0.2) is 76.2 Å². The molecule has 1 rings (SSSR count). The number of primary amides is 1. The first-order valence-corrected chi connectivity index (χ1v) is 9.57. The molecule has 0 heterocycles. The SMILES string of the molecule is NCC(=O)NC(CO)C(=O)NC(Cc1ccc(O)cc1)C(=O)NC(CCC(N)=O)C(=O)O. The van der Waals surface area contributed by atoms with Gasteiger partial charge in [0.1, 0.15) is 23.9 Å². The van der Waals surface area contributed by atoms with E-state index in [1.54, 1.807) is 0 Å². The fourth-order valence-corrected chi connectivity index (χ4v) is 2.61. The van der Waals surface area contributed by atoms with Crippen LogP contribution in [0.1, 0.15) is 18.4 Å². The minimum absolute atomic E-state index is 0.0268. The first-order valence-electron chi connectivity index (χ1n) is 9.57. The van der Waals surface area contributed by atoms with Crippen LogP contribution in [0.4, 0.5) is 0 Å². The van der Waals surface area contributed by atoms with Crippen molar-refractivity contribution < 1.29 is 39.3 Å². The molecule has 1 aromatic carbocycles. The molecule has 4 amide bonds. The third kappa shape index (κ3) is 8.97. The molecule has 0 radical (unpaired) electrons. The number of hydrogen-bond acceptors (Lipinski definition) is 8. The number of carbonyl (C=O) groups is 5. The van der Waals surface area contributed by atoms with Gasteiger partial charge in [-0.2, -0.15) is 0 Å². The standard InChI is InChI=1S/C19H27N5O8/c20-8-16(28)22-14(9-25)18(30)24-13(7-10-1-3-11(26)4-2-10)17(29)23-12(19(31)32)5-6-15(21)27/h1-4,12-14,25-26H,5-9,20H2,(H2,21,27)(H,22,28)(H,23,29)(H,24,30)(H,31,32). The molecule has 0 saturated heterocycles. The molecule has 13 nitrogen and oxygen atoms in total. The fraction of sp³-hybridized carbons (Fsp3) is 0.421. The Morgan fingerprint density at radius 3 is 1.97 bits per heavy atom. The van der Waals surface area contributed by atoms with Gasteiger partial charge < -0.3 is 42.7 Å². The largest absolute Gasteiger partial charge is 0.508 e. The first-order chi connectivity index (χ1) is 15.1. The normalized spacial score (nSPS) is 13.3. The van der Waals surface area contributed by atoms with Crippen molar-refractivity contribution in [1.29, 1.82) is 0 Å². The minimum atomic E-state index is -1.44. The highest BCUT2D eigenvalue weighted by atomic mass is 16.4. The Kier molecular flexibility index (Phi) is 10.6. The van der Waals surface area contributed by atoms with E-state index in [0.717, 1.165) is 0 Å². The van der Waals surface area contributed by atoms with E-state index in [1.807, 2.05) is 0 Å². The molecule has 0 aliphatic carbocycles. The number of nitrogens with two attached hydrogens (primary N) is 2. The second-order valence-corrected chi connectivity index (χ2v) is 6.84. The zero-order chi connectivity index (χ0) is 24.3. The summed E-state index contributed by atoms with van der Waals surface area (Å²) in [6.07, 6.45) is -0.658. The molecular weight excluding hydrogens is 426 g/mol. The van der Waals surface area contributed by atoms with Gasteiger partial charge in [0.15, 0.2) is 0 Å². The third-order valence-electron chi connectivity index (χ3n) is 4.32. The van der Waals surface area contributed by atoms with Crippen LogP contribution in [0.5, 0.6) is 5.75 Å². The Labute approximate surface area is 183 Å². The zero-order valence-corrected chi connectivity index (χ0v) is 17.1. The fourth-order valence-electron chi connectivity index (χ4n) is 2.61. The van der Waals surface area contributed by atoms with Crippen molar-refractivity contribution in [2.75, 3.05) is 13.2 Å². The Hall–Kier alpha value is -3.71. The second kappa shape index (κ2) is 12.9. The summed E-state index contributed by atoms with van der Waals surface area (Å²) in [5.41, 5.74) is 10.7. The van der Waals surface area contributed by atoms with E-state index in [1.165, 1.54) is 24.3 Å². The van der Waals surface area contributed by atoms with Crippen molar-refractivity contribution in [3.05, 3.63) is 29.8 Å². The van der Waals surface area contributed by atoms with E-state index < -0.39 is 60.9 Å². The molecule has 0 aromatic heterocycles. The molecule has 0 bridgehead atoms. The molecule has 3 atom stereocenters. The highest BCUT2D eigenvalue weighted by Gasteiger charge is 2.29. The number of carboxylic acid groups (broad SMARTS) is 1. The Bertz CT molecular complexity index is 830. The van der Waals surface area contributed by atoms with Gasteiger partial charge in [0, 0.05) is 12.8 Å². The predicted molar refractivity (Wildman–Crippen MR) is 110 cm³/mol. The summed E-state index contributed by atoms with van der Waals surface area (Å²) in [6, 6.07) is 1.54. The van der Waals surface area contributed by atoms with Crippen LogP contribution in [0.2, 0.25) is 0 Å². The van der Waals surface area contributed by atoms with Crippen molar-refractivity contribution >= 4 is 29.6 Å². The smallest absolute Gasteiger partial charge is 0.326 e. The van der Waals surface area contributed by atoms with Gasteiger partial charge >= 0.3 is 5.97 Å². The van der Waals surface area contributed by atoms with Gasteiger partial charge in [-0.15, -0.1) is 0 Å². The summed E-state index contributed by atoms with van der Waals surface area (Å²) >= 11 is 0. The van der Waals surface area contributed by atoms with Gasteiger partial charge in [-0.1, -0.05) is 12.1 Å². The van der Waals surface area contributed by atoms with Crippen molar-refractivity contribution in [3.8, 4) is 5.75 Å². The maximum absolute atomic E-state index is 12.8. The van der Waals surface area contributed by atoms with E-state index in [9.17, 15) is 39.3 Å². The number of aliphatic hydroxyl groups is 1. The monoisotopic (exact) mass is 453 g/mol. The molecule has 176 valence electrons. The van der Waals surface area contributed by atoms with Gasteiger partial charge in [-0.3, -0.25) is 19.2 Å². The molecule has 3 unspecified atom stereocenters. The summed E-state index contributed by atoms with van der Waals surface area (Å²) in [5, 5.41) is 34.9. The lowest BCUT2D eigenvalue weighted by atomic mass is 10.0. The van der Waals surface area contributed by atoms with Crippen molar-refractivity contribution in [1.82, 2.24) is 16.0 Å². The van der Waals surface area contributed by atoms with Crippen LogP contribution in [-0.2, 0) is 30.4 Å². The highest BCUT2D eigenvalue weighted by Crippen LogP contribution is 2.12. The minimum Gasteiger partial charge on any atom is -0.508 e. The number of amides is 4. The number of carboxylic acids is 1. The molecule has 1 aromatic rings. The van der Waals surface area contributed by atoms with Gasteiger partial charge in [0.25, 0.3) is 0 Å². The molecule has 0 saturated carbocycles. The Balaban J connectivity index is 3.04. The van der Waals surface area contributed by atoms with E-state index in [4.69, 9.17) is 11.5 Å². The van der Waals surface area contributed by atoms with E-state index >= 15 is 0 Å². The second-order valence-electron chi connectivity index (χ2n) is 6.84. The van der Waals surface area contributed by atoms with E-state index in [2.05, 4.69) is 16.0 Å². The lowest BCUT2D eigenvalue weighted by molar-refractivity contribution is -0.142. The molecule has 0 aliphatic rings. The summed E-state index contributed by atoms with van der Waals surface area (Å²) in [4.78, 5) is 59.1. The van der Waals surface area contributed by atoms with Gasteiger partial charge in [-0.25, -0.2) is 4.79 Å². The number of aliphatic carboxylic acids is 1. The number of phenolic OH excluding ortho intramolecular Hbond substituents is 1. The number of nitrogens with one attached hydrogen (secondary N) is 3. The van der Waals surface area contributed by atoms with Crippen molar-refractivity contribution in [2.24, 2.45) is 11.5 Å². The summed E-state index contributed by atoms with van der Waals surface area (Å²) in [6.45, 7) is -1.21. The summed E-state index contributed by atoms with van der Waals surface area (Å²) < 4.78 is 0. The summed E-state index contributed by atoms with van der Waals surface area (Å²) in [5.74, 6) is -4.68. The maximum atomic E-state index is 12.8. The van der Waals surface area contributed by atoms with Gasteiger partial charge in [-0.05, 0) is 24.1 Å². The summed E-state index contributed by atoms with van der Waals surface area (Å²) in [7, 11) is 0. The van der Waals surface area contributed by atoms with Crippen LogP contribution >= 0.6 is 0 Å². The Morgan fingerprint density at radius 1 is 0.906 bits per heavy atom. The van der Waals surface area contributed by atoms with Crippen LogP contribution in [0.25, 0.3) is 0 Å². The van der Waals surface area contributed by atoms with E-state index in [0.29, 0.717) is 5.56 Å². The molecule has 10 N–H and O–H groups in total. The highest BCUT2D eigenvalue weighted by molar-refractivity contribution is 5.93. The van der Waals surface area contributed by atoms with Crippen LogP contribution < -0.4 is 27.4 Å². The molecule has 0 aliphatic heterocycles. The quantitative estimate of drug-likeness (QED) is 0.149. The molecule has 13 heteroatoms. The number of benzene rings is 1. The number of hydrogen-bond donors (Lipinski definition) is 8. The molecule has 0 fully saturated rings. The van der Waals surface area contributed by atoms with Crippen LogP contribution in [0, 0.1) is 0 Å². The lowest BCUT2D eigenvalue weighted by Crippen LogP contribution is -2.57. The van der Waals surface area contributed by atoms with Crippen molar-refractivity contribution in [2.45, 2.75) is 37.4 Å². The maximum Gasteiger partial charge on any atom is 0.326 e. The van der Waals surface area contributed by atoms with E-state index in [-0.39, 0.29) is 25.0 Å². The average molecular weight is 453 g/mol. The lowest BCUT2D eigenvalue weighted by Gasteiger charge is -2.24. The van der Waals surface area contributed by atoms with Gasteiger partial charge in [0.2, 0.25) is 23.6 Å². The van der Waals surface area contributed by atoms with Crippen molar-refractivity contribution in [3.63, 3.8) is 0 Å². The number of phenols is 1. The third-order valence-corrected chi connectivity index (χ3v) is 4.32. The molecule has 32 heavy (non-hydrogen) atoms. The Morgan fingerprint density at radius 2 is 1.47 bits per heavy atom. The average Bonchev–Trinajstić information content (AvgIpc) is 2.74. The number of rotatable bonds is 13. The molecular formula is C19H27N5O8. The number of aliphatic hydroxyl groups excluding tert-OH is 1. The number of carbonyl (C=O) groups excluding carboxylic acids is 4. The first kappa shape index (κ1) is 26.3. The van der Waals surface area contributed by atoms with Gasteiger partial charge in [0.05, 0.1) is 13.2 Å². The van der Waals surface area contributed by atoms with Crippen LogP contribution in [0.15, 0.2) is 24.3 Å². The molecule has 0 spiro atoms. The number of aromatic hydroxyl groups is 1. The zero-order valence-electron chi connectivity index (χ0n) is 17.1.